The molecule has 4 N–H and O–H groups in total. The van der Waals surface area contributed by atoms with Gasteiger partial charge in [0.2, 0.25) is 5.95 Å². The maximum atomic E-state index is 13.2. The molecule has 1 aliphatic heterocycles. The predicted octanol–water partition coefficient (Wildman–Crippen LogP) is 0.499. The van der Waals surface area contributed by atoms with E-state index in [-0.39, 0.29) is 12.5 Å². The number of halogens is 1. The third-order valence-electron chi connectivity index (χ3n) is 3.92. The molecule has 0 spiro atoms. The third kappa shape index (κ3) is 4.24. The maximum Gasteiger partial charge on any atom is 0.350 e. The Hall–Kier alpha value is -1.81. The molecule has 0 radical (unpaired) electrons. The Morgan fingerprint density at radius 1 is 1.36 bits per heavy atom. The summed E-state index contributed by atoms with van der Waals surface area (Å²) in [6.45, 7) is 0.815. The van der Waals surface area contributed by atoms with E-state index >= 15 is 0 Å². The molecule has 1 atom stereocenters. The van der Waals surface area contributed by atoms with Crippen LogP contribution >= 0.6 is 7.60 Å². The Morgan fingerprint density at radius 3 is 2.72 bits per heavy atom. The normalized spacial score (nSPS) is 16.7. The van der Waals surface area contributed by atoms with Crippen molar-refractivity contribution in [1.29, 1.82) is 0 Å². The van der Waals surface area contributed by atoms with Crippen molar-refractivity contribution >= 4 is 30.5 Å². The molecule has 1 aliphatic rings. The van der Waals surface area contributed by atoms with Crippen molar-refractivity contribution in [3.63, 3.8) is 0 Å². The molecule has 10 nitrogen and oxygen atoms in total. The van der Waals surface area contributed by atoms with E-state index in [9.17, 15) is 8.96 Å². The van der Waals surface area contributed by atoms with E-state index in [2.05, 4.69) is 19.9 Å². The molecule has 1 fully saturated rings. The highest BCUT2D eigenvalue weighted by molar-refractivity contribution is 7.51. The van der Waals surface area contributed by atoms with Gasteiger partial charge in [-0.15, -0.1) is 0 Å². The number of nitrogen functional groups attached to an aromatic ring is 1. The molecule has 3 heterocycles. The minimum atomic E-state index is -4.37. The highest BCUT2D eigenvalue weighted by atomic mass is 31.2. The van der Waals surface area contributed by atoms with Crippen molar-refractivity contribution in [2.24, 2.45) is 0 Å². The number of imidazole rings is 1. The van der Waals surface area contributed by atoms with Gasteiger partial charge in [0.1, 0.15) is 19.1 Å². The molecule has 25 heavy (non-hydrogen) atoms. The van der Waals surface area contributed by atoms with Crippen LogP contribution in [0.4, 0.5) is 16.2 Å². The van der Waals surface area contributed by atoms with E-state index < -0.39 is 26.7 Å². The number of alkyl halides is 1. The first-order chi connectivity index (χ1) is 11.9. The standard InChI is InChI=1S/C13H20FN6O4P/c14-5-9(24-8-25(21,22)23)6-20-7-16-10-11(19-3-1-2-4-19)17-13(15)18-12(10)20/h7,9H,1-6,8H2,(H2,15,17,18)(H2,21,22,23). The van der Waals surface area contributed by atoms with E-state index in [0.29, 0.717) is 17.0 Å². The second-order valence-electron chi connectivity index (χ2n) is 5.91. The summed E-state index contributed by atoms with van der Waals surface area (Å²) < 4.78 is 30.6. The zero-order valence-electron chi connectivity index (χ0n) is 13.5. The molecule has 0 aromatic carbocycles. The zero-order chi connectivity index (χ0) is 18.0. The molecular weight excluding hydrogens is 354 g/mol. The van der Waals surface area contributed by atoms with E-state index in [4.69, 9.17) is 20.3 Å². The molecule has 0 amide bonds. The number of ether oxygens (including phenoxy) is 1. The van der Waals surface area contributed by atoms with Crippen LogP contribution in [0.25, 0.3) is 11.2 Å². The van der Waals surface area contributed by atoms with Crippen LogP contribution in [0.15, 0.2) is 6.33 Å². The van der Waals surface area contributed by atoms with Crippen LogP contribution in [0.2, 0.25) is 0 Å². The minimum absolute atomic E-state index is 0.00287. The fourth-order valence-electron chi connectivity index (χ4n) is 2.80. The number of hydrogen-bond donors (Lipinski definition) is 3. The summed E-state index contributed by atoms with van der Waals surface area (Å²) in [7, 11) is -4.37. The number of anilines is 2. The molecule has 0 saturated carbocycles. The number of rotatable bonds is 7. The van der Waals surface area contributed by atoms with Crippen molar-refractivity contribution < 1.29 is 23.5 Å². The minimum Gasteiger partial charge on any atom is -0.368 e. The Kier molecular flexibility index (Phi) is 5.19. The van der Waals surface area contributed by atoms with E-state index in [1.807, 2.05) is 0 Å². The van der Waals surface area contributed by atoms with Gasteiger partial charge in [-0.25, -0.2) is 9.37 Å². The highest BCUT2D eigenvalue weighted by Gasteiger charge is 2.23. The summed E-state index contributed by atoms with van der Waals surface area (Å²) in [6.07, 6.45) is 1.72. The highest BCUT2D eigenvalue weighted by Crippen LogP contribution is 2.34. The fraction of sp³-hybridized carbons (Fsp3) is 0.615. The first-order valence-corrected chi connectivity index (χ1v) is 9.62. The van der Waals surface area contributed by atoms with Crippen molar-refractivity contribution in [3.8, 4) is 0 Å². The van der Waals surface area contributed by atoms with Crippen molar-refractivity contribution in [1.82, 2.24) is 19.5 Å². The molecule has 1 saturated heterocycles. The van der Waals surface area contributed by atoms with E-state index in [1.54, 1.807) is 4.57 Å². The quantitative estimate of drug-likeness (QED) is 0.591. The van der Waals surface area contributed by atoms with Gasteiger partial charge in [-0.2, -0.15) is 9.97 Å². The predicted molar refractivity (Wildman–Crippen MR) is 88.9 cm³/mol. The molecule has 2 aromatic rings. The van der Waals surface area contributed by atoms with Crippen LogP contribution in [0.5, 0.6) is 0 Å². The van der Waals surface area contributed by atoms with Gasteiger partial charge >= 0.3 is 7.60 Å². The van der Waals surface area contributed by atoms with Crippen molar-refractivity contribution in [2.75, 3.05) is 36.7 Å². The monoisotopic (exact) mass is 374 g/mol. The van der Waals surface area contributed by atoms with Crippen molar-refractivity contribution in [2.45, 2.75) is 25.5 Å². The first-order valence-electron chi connectivity index (χ1n) is 7.83. The summed E-state index contributed by atoms with van der Waals surface area (Å²) in [5.74, 6) is 0.732. The van der Waals surface area contributed by atoms with Crippen LogP contribution in [-0.2, 0) is 15.8 Å². The Labute approximate surface area is 143 Å². The number of aromatic nitrogens is 4. The molecule has 12 heteroatoms. The largest absolute Gasteiger partial charge is 0.368 e. The number of nitrogens with zero attached hydrogens (tertiary/aromatic N) is 5. The summed E-state index contributed by atoms with van der Waals surface area (Å²) in [4.78, 5) is 32.5. The lowest BCUT2D eigenvalue weighted by Gasteiger charge is -2.18. The Morgan fingerprint density at radius 2 is 2.08 bits per heavy atom. The van der Waals surface area contributed by atoms with Gasteiger partial charge in [0, 0.05) is 13.1 Å². The lowest BCUT2D eigenvalue weighted by molar-refractivity contribution is 0.0445. The van der Waals surface area contributed by atoms with Crippen LogP contribution in [0, 0.1) is 0 Å². The Balaban J connectivity index is 1.85. The van der Waals surface area contributed by atoms with Crippen LogP contribution < -0.4 is 10.6 Å². The maximum absolute atomic E-state index is 13.2. The van der Waals surface area contributed by atoms with Gasteiger partial charge in [-0.3, -0.25) is 4.57 Å². The smallest absolute Gasteiger partial charge is 0.350 e. The fourth-order valence-corrected chi connectivity index (χ4v) is 3.20. The zero-order valence-corrected chi connectivity index (χ0v) is 14.3. The average molecular weight is 374 g/mol. The molecule has 0 aliphatic carbocycles. The first kappa shape index (κ1) is 18.0. The van der Waals surface area contributed by atoms with Crippen LogP contribution in [0.3, 0.4) is 0 Å². The molecule has 1 unspecified atom stereocenters. The van der Waals surface area contributed by atoms with Gasteiger partial charge in [-0.1, -0.05) is 0 Å². The summed E-state index contributed by atoms with van der Waals surface area (Å²) in [5, 5.41) is 0. The van der Waals surface area contributed by atoms with E-state index in [0.717, 1.165) is 25.9 Å². The van der Waals surface area contributed by atoms with Crippen LogP contribution in [0.1, 0.15) is 12.8 Å². The molecular formula is C13H20FN6O4P. The molecule has 2 aromatic heterocycles. The molecule has 3 rings (SSSR count). The van der Waals surface area contributed by atoms with Gasteiger partial charge < -0.3 is 29.7 Å². The summed E-state index contributed by atoms with van der Waals surface area (Å²) in [5.41, 5.74) is 6.80. The van der Waals surface area contributed by atoms with Gasteiger partial charge in [0.25, 0.3) is 0 Å². The number of nitrogens with two attached hydrogens (primary N) is 1. The summed E-state index contributed by atoms with van der Waals surface area (Å²) in [6, 6.07) is 0. The third-order valence-corrected chi connectivity index (χ3v) is 4.40. The topological polar surface area (TPSA) is 140 Å². The van der Waals surface area contributed by atoms with Gasteiger partial charge in [-0.05, 0) is 12.8 Å². The van der Waals surface area contributed by atoms with Crippen molar-refractivity contribution in [3.05, 3.63) is 6.33 Å². The summed E-state index contributed by atoms with van der Waals surface area (Å²) >= 11 is 0. The SMILES string of the molecule is Nc1nc(N2CCCC2)c2ncn(CC(CF)OCP(=O)(O)O)c2n1. The number of hydrogen-bond acceptors (Lipinski definition) is 7. The lowest BCUT2D eigenvalue weighted by Crippen LogP contribution is -2.23. The van der Waals surface area contributed by atoms with Gasteiger partial charge in [0.15, 0.2) is 17.0 Å². The second kappa shape index (κ2) is 7.20. The second-order valence-corrected chi connectivity index (χ2v) is 7.49. The number of fused-ring (bicyclic) bond motifs is 1. The Bertz CT molecular complexity index is 790. The molecule has 0 bridgehead atoms. The van der Waals surface area contributed by atoms with E-state index in [1.165, 1.54) is 6.33 Å². The molecule has 138 valence electrons. The van der Waals surface area contributed by atoms with Crippen LogP contribution in [-0.4, -0.2) is 61.5 Å². The van der Waals surface area contributed by atoms with Gasteiger partial charge in [0.05, 0.1) is 12.9 Å². The lowest BCUT2D eigenvalue weighted by atomic mass is 10.3. The average Bonchev–Trinajstić information content (AvgIpc) is 3.20.